The van der Waals surface area contributed by atoms with Gasteiger partial charge in [-0.25, -0.2) is 4.79 Å². The van der Waals surface area contributed by atoms with E-state index in [1.165, 1.54) is 12.0 Å². The summed E-state index contributed by atoms with van der Waals surface area (Å²) in [6.07, 6.45) is 0. The van der Waals surface area contributed by atoms with Crippen molar-refractivity contribution in [2.75, 3.05) is 19.4 Å². The summed E-state index contributed by atoms with van der Waals surface area (Å²) < 4.78 is 10.5. The molecule has 2 amide bonds. The average molecular weight is 368 g/mol. The molecule has 1 aromatic carbocycles. The molecule has 4 N–H and O–H groups in total. The number of hydrogen-bond donors (Lipinski definition) is 2. The Morgan fingerprint density at radius 1 is 1.33 bits per heavy atom. The largest absolute Gasteiger partial charge is 0.466 e. The second-order valence-electron chi connectivity index (χ2n) is 6.34. The molecule has 9 heteroatoms. The normalized spacial score (nSPS) is 20.2. The summed E-state index contributed by atoms with van der Waals surface area (Å²) in [5, 5.41) is 0. The fourth-order valence-electron chi connectivity index (χ4n) is 4.00. The molecule has 0 fully saturated rings. The van der Waals surface area contributed by atoms with Crippen LogP contribution >= 0.6 is 0 Å². The van der Waals surface area contributed by atoms with Gasteiger partial charge in [0.2, 0.25) is 11.8 Å². The van der Waals surface area contributed by atoms with E-state index in [1.54, 1.807) is 31.2 Å². The van der Waals surface area contributed by atoms with Gasteiger partial charge in [-0.1, -0.05) is 24.3 Å². The van der Waals surface area contributed by atoms with Crippen LogP contribution in [0.5, 0.6) is 0 Å². The lowest BCUT2D eigenvalue weighted by Crippen LogP contribution is -2.44. The molecule has 9 nitrogen and oxygen atoms in total. The smallest absolute Gasteiger partial charge is 0.337 e. The van der Waals surface area contributed by atoms with Crippen molar-refractivity contribution in [3.63, 3.8) is 0 Å². The quantitative estimate of drug-likeness (QED) is 0.742. The summed E-state index contributed by atoms with van der Waals surface area (Å²) in [4.78, 5) is 43.2. The number of amides is 2. The molecule has 27 heavy (non-hydrogen) atoms. The zero-order chi connectivity index (χ0) is 19.5. The number of nitrogen functional groups attached to an aromatic ring is 1. The van der Waals surface area contributed by atoms with Gasteiger partial charge in [-0.3, -0.25) is 9.59 Å². The second-order valence-corrected chi connectivity index (χ2v) is 6.34. The fraction of sp³-hybridized carbons (Fsp3) is 0.222. The summed E-state index contributed by atoms with van der Waals surface area (Å²) in [6, 6.07) is 6.85. The molecule has 1 aliphatic heterocycles. The number of hydrogen-bond acceptors (Lipinski definition) is 7. The van der Waals surface area contributed by atoms with E-state index in [2.05, 4.69) is 4.98 Å². The number of ether oxygens (including phenoxy) is 1. The van der Waals surface area contributed by atoms with Crippen molar-refractivity contribution in [3.8, 4) is 11.3 Å². The molecule has 0 saturated carbocycles. The maximum absolute atomic E-state index is 13.6. The molecule has 2 aromatic rings. The van der Waals surface area contributed by atoms with Gasteiger partial charge in [-0.15, -0.1) is 0 Å². The number of carbonyl (C=O) groups is 3. The Labute approximate surface area is 153 Å². The molecule has 1 atom stereocenters. The molecule has 1 unspecified atom stereocenters. The minimum Gasteiger partial charge on any atom is -0.466 e. The molecule has 0 bridgehead atoms. The van der Waals surface area contributed by atoms with Crippen LogP contribution in [-0.4, -0.2) is 41.3 Å². The van der Waals surface area contributed by atoms with Crippen LogP contribution in [0, 0.1) is 0 Å². The lowest BCUT2D eigenvalue weighted by atomic mass is 9.74. The number of anilines is 1. The van der Waals surface area contributed by atoms with Crippen molar-refractivity contribution in [2.45, 2.75) is 12.3 Å². The number of methoxy groups -OCH3 is 1. The maximum Gasteiger partial charge on any atom is 0.337 e. The standard InChI is InChI=1S/C18H16N4O5/c1-8-12(15(24)26-2)18(16(25)22(8)7-11(19)23)10-6-4-3-5-9(10)13-14(18)21-17(20)27-13/h3-6H,7H2,1-2H3,(H2,19,23)(H2,20,21). The van der Waals surface area contributed by atoms with Gasteiger partial charge in [0.1, 0.15) is 12.2 Å². The number of primary amides is 1. The van der Waals surface area contributed by atoms with E-state index >= 15 is 0 Å². The number of nitrogens with zero attached hydrogens (tertiary/aromatic N) is 2. The number of esters is 1. The number of oxazole rings is 1. The zero-order valence-corrected chi connectivity index (χ0v) is 14.6. The van der Waals surface area contributed by atoms with Gasteiger partial charge in [-0.05, 0) is 12.5 Å². The highest BCUT2D eigenvalue weighted by Crippen LogP contribution is 2.57. The first-order valence-electron chi connectivity index (χ1n) is 8.10. The first-order valence-corrected chi connectivity index (χ1v) is 8.10. The number of nitrogens with two attached hydrogens (primary N) is 2. The van der Waals surface area contributed by atoms with Crippen LogP contribution in [0.3, 0.4) is 0 Å². The van der Waals surface area contributed by atoms with E-state index in [0.717, 1.165) is 0 Å². The Hall–Kier alpha value is -3.62. The highest BCUT2D eigenvalue weighted by molar-refractivity contribution is 6.14. The van der Waals surface area contributed by atoms with E-state index in [0.29, 0.717) is 16.9 Å². The van der Waals surface area contributed by atoms with Crippen LogP contribution in [0.15, 0.2) is 40.0 Å². The van der Waals surface area contributed by atoms with Crippen molar-refractivity contribution < 1.29 is 23.5 Å². The van der Waals surface area contributed by atoms with Crippen molar-refractivity contribution in [3.05, 3.63) is 46.8 Å². The molecular weight excluding hydrogens is 352 g/mol. The summed E-state index contributed by atoms with van der Waals surface area (Å²) in [6.45, 7) is 1.18. The SMILES string of the molecule is COC(=O)C1=C(C)N(CC(N)=O)C(=O)C12c1ccccc1-c1oc(N)nc12. The molecular formula is C18H16N4O5. The highest BCUT2D eigenvalue weighted by atomic mass is 16.5. The topological polar surface area (TPSA) is 142 Å². The maximum atomic E-state index is 13.6. The van der Waals surface area contributed by atoms with Gasteiger partial charge in [0.05, 0.1) is 12.7 Å². The first-order chi connectivity index (χ1) is 12.8. The minimum absolute atomic E-state index is 0.0655. The molecule has 0 radical (unpaired) electrons. The molecule has 138 valence electrons. The van der Waals surface area contributed by atoms with E-state index in [1.807, 2.05) is 0 Å². The van der Waals surface area contributed by atoms with E-state index in [9.17, 15) is 14.4 Å². The third kappa shape index (κ3) is 1.93. The Morgan fingerprint density at radius 3 is 2.70 bits per heavy atom. The predicted octanol–water partition coefficient (Wildman–Crippen LogP) is 0.298. The average Bonchev–Trinajstić information content (AvgIpc) is 3.20. The zero-order valence-electron chi connectivity index (χ0n) is 14.6. The summed E-state index contributed by atoms with van der Waals surface area (Å²) in [5.74, 6) is -1.64. The van der Waals surface area contributed by atoms with Gasteiger partial charge in [-0.2, -0.15) is 4.98 Å². The molecule has 1 aromatic heterocycles. The number of allylic oxidation sites excluding steroid dienone is 1. The summed E-state index contributed by atoms with van der Waals surface area (Å²) in [7, 11) is 1.22. The van der Waals surface area contributed by atoms with Crippen molar-refractivity contribution in [2.24, 2.45) is 5.73 Å². The Kier molecular flexibility index (Phi) is 3.39. The van der Waals surface area contributed by atoms with E-state index < -0.39 is 23.2 Å². The van der Waals surface area contributed by atoms with Gasteiger partial charge >= 0.3 is 5.97 Å². The lowest BCUT2D eigenvalue weighted by Gasteiger charge is -2.26. The van der Waals surface area contributed by atoms with Crippen LogP contribution in [0.4, 0.5) is 6.01 Å². The Bertz CT molecular complexity index is 1050. The monoisotopic (exact) mass is 368 g/mol. The van der Waals surface area contributed by atoms with Crippen LogP contribution in [-0.2, 0) is 24.5 Å². The van der Waals surface area contributed by atoms with Gasteiger partial charge in [0.25, 0.3) is 6.01 Å². The minimum atomic E-state index is -1.60. The summed E-state index contributed by atoms with van der Waals surface area (Å²) >= 11 is 0. The number of benzene rings is 1. The van der Waals surface area contributed by atoms with Crippen molar-refractivity contribution in [1.29, 1.82) is 0 Å². The number of fused-ring (bicyclic) bond motifs is 5. The van der Waals surface area contributed by atoms with Crippen LogP contribution in [0.2, 0.25) is 0 Å². The molecule has 0 saturated heterocycles. The van der Waals surface area contributed by atoms with Crippen LogP contribution in [0.1, 0.15) is 18.2 Å². The number of aromatic nitrogens is 1. The third-order valence-electron chi connectivity index (χ3n) is 4.99. The van der Waals surface area contributed by atoms with Gasteiger partial charge in [0, 0.05) is 11.3 Å². The molecule has 4 rings (SSSR count). The molecule has 2 aliphatic rings. The summed E-state index contributed by atoms with van der Waals surface area (Å²) in [5.41, 5.74) is 11.1. The predicted molar refractivity (Wildman–Crippen MR) is 92.8 cm³/mol. The Balaban J connectivity index is 2.10. The number of carbonyl (C=O) groups excluding carboxylic acids is 3. The van der Waals surface area contributed by atoms with Crippen molar-refractivity contribution in [1.82, 2.24) is 9.88 Å². The van der Waals surface area contributed by atoms with Gasteiger partial charge < -0.3 is 25.5 Å². The third-order valence-corrected chi connectivity index (χ3v) is 4.99. The lowest BCUT2D eigenvalue weighted by molar-refractivity contribution is -0.139. The van der Waals surface area contributed by atoms with Crippen LogP contribution in [0.25, 0.3) is 11.3 Å². The van der Waals surface area contributed by atoms with Crippen LogP contribution < -0.4 is 11.5 Å². The first kappa shape index (κ1) is 16.8. The van der Waals surface area contributed by atoms with Gasteiger partial charge in [0.15, 0.2) is 11.2 Å². The highest BCUT2D eigenvalue weighted by Gasteiger charge is 2.63. The number of rotatable bonds is 3. The van der Waals surface area contributed by atoms with Crippen molar-refractivity contribution >= 4 is 23.8 Å². The second kappa shape index (κ2) is 5.44. The Morgan fingerprint density at radius 2 is 2.04 bits per heavy atom. The van der Waals surface area contributed by atoms with E-state index in [-0.39, 0.29) is 29.5 Å². The fourth-order valence-corrected chi connectivity index (χ4v) is 4.00. The molecule has 1 spiro atoms. The molecule has 2 heterocycles. The van der Waals surface area contributed by atoms with E-state index in [4.69, 9.17) is 20.6 Å². The molecule has 1 aliphatic carbocycles.